The lowest BCUT2D eigenvalue weighted by molar-refractivity contribution is 0.259. The van der Waals surface area contributed by atoms with Crippen molar-refractivity contribution in [3.63, 3.8) is 0 Å². The van der Waals surface area contributed by atoms with E-state index in [0.29, 0.717) is 24.6 Å². The van der Waals surface area contributed by atoms with Crippen molar-refractivity contribution >= 4 is 24.1 Å². The van der Waals surface area contributed by atoms with E-state index in [9.17, 15) is 9.18 Å². The maximum atomic E-state index is 14.8. The van der Waals surface area contributed by atoms with Gasteiger partial charge in [-0.25, -0.2) is 13.9 Å². The van der Waals surface area contributed by atoms with E-state index in [1.807, 2.05) is 29.8 Å². The van der Waals surface area contributed by atoms with Crippen molar-refractivity contribution in [1.82, 2.24) is 15.1 Å². The summed E-state index contributed by atoms with van der Waals surface area (Å²) in [4.78, 5) is 11.2. The molecule has 1 aliphatic rings. The Bertz CT molecular complexity index is 1160. The number of urea groups is 1. The highest BCUT2D eigenvalue weighted by Gasteiger charge is 2.25. The number of amides is 2. The molecule has 1 aromatic heterocycles. The number of halogens is 2. The third-order valence-electron chi connectivity index (χ3n) is 5.39. The summed E-state index contributed by atoms with van der Waals surface area (Å²) in [5.74, 6) is 0.546. The van der Waals surface area contributed by atoms with E-state index in [1.165, 1.54) is 12.1 Å². The van der Waals surface area contributed by atoms with Crippen molar-refractivity contribution in [2.75, 3.05) is 18.5 Å². The zero-order valence-electron chi connectivity index (χ0n) is 18.9. The van der Waals surface area contributed by atoms with E-state index in [1.54, 1.807) is 6.07 Å². The summed E-state index contributed by atoms with van der Waals surface area (Å²) in [5.41, 5.74) is 10.5. The van der Waals surface area contributed by atoms with Crippen LogP contribution in [0.25, 0.3) is 16.9 Å². The molecule has 0 bridgehead atoms. The predicted octanol–water partition coefficient (Wildman–Crippen LogP) is 4.58. The number of aromatic nitrogens is 2. The molecule has 1 aliphatic heterocycles. The lowest BCUT2D eigenvalue weighted by Gasteiger charge is -2.18. The lowest BCUT2D eigenvalue weighted by atomic mass is 10.0. The zero-order valence-corrected chi connectivity index (χ0v) is 19.8. The smallest absolute Gasteiger partial charge is 0.316 e. The number of carbonyl (C=O) groups is 1. The van der Waals surface area contributed by atoms with Crippen LogP contribution in [0.15, 0.2) is 36.4 Å². The van der Waals surface area contributed by atoms with Crippen LogP contribution < -0.4 is 21.1 Å². The average molecular weight is 474 g/mol. The molecular formula is C24H29ClFN5O2. The predicted molar refractivity (Wildman–Crippen MR) is 130 cm³/mol. The van der Waals surface area contributed by atoms with E-state index in [0.717, 1.165) is 46.9 Å². The van der Waals surface area contributed by atoms with E-state index in [-0.39, 0.29) is 18.1 Å². The number of nitrogens with two attached hydrogens (primary N) is 1. The minimum Gasteiger partial charge on any atom is -0.491 e. The minimum absolute atomic E-state index is 0. The van der Waals surface area contributed by atoms with Crippen molar-refractivity contribution < 1.29 is 13.9 Å². The Labute approximate surface area is 198 Å². The van der Waals surface area contributed by atoms with Gasteiger partial charge in [0.25, 0.3) is 0 Å². The highest BCUT2D eigenvalue weighted by atomic mass is 35.5. The number of carbonyl (C=O) groups excluding carboxylic acids is 1. The first-order valence-electron chi connectivity index (χ1n) is 10.8. The molecule has 2 heterocycles. The molecule has 7 nitrogen and oxygen atoms in total. The Balaban J connectivity index is 0.00000306. The van der Waals surface area contributed by atoms with Crippen LogP contribution >= 0.6 is 12.4 Å². The Morgan fingerprint density at radius 2 is 2.12 bits per heavy atom. The molecule has 4 rings (SSSR count). The van der Waals surface area contributed by atoms with E-state index in [2.05, 4.69) is 24.5 Å². The fourth-order valence-corrected chi connectivity index (χ4v) is 3.93. The summed E-state index contributed by atoms with van der Waals surface area (Å²) in [5, 5.41) is 10.6. The monoisotopic (exact) mass is 473 g/mol. The van der Waals surface area contributed by atoms with E-state index < -0.39 is 11.8 Å². The minimum atomic E-state index is -0.810. The first-order valence-corrected chi connectivity index (χ1v) is 10.8. The summed E-state index contributed by atoms with van der Waals surface area (Å²) in [6.45, 7) is 8.27. The largest absolute Gasteiger partial charge is 0.491 e. The van der Waals surface area contributed by atoms with Gasteiger partial charge in [0.1, 0.15) is 17.3 Å². The molecule has 0 fully saturated rings. The number of anilines is 1. The Morgan fingerprint density at radius 1 is 1.33 bits per heavy atom. The van der Waals surface area contributed by atoms with Crippen molar-refractivity contribution in [2.24, 2.45) is 11.7 Å². The Morgan fingerprint density at radius 3 is 2.82 bits per heavy atom. The molecule has 0 atom stereocenters. The number of hydrogen-bond acceptors (Lipinski definition) is 4. The molecule has 4 N–H and O–H groups in total. The second-order valence-corrected chi connectivity index (χ2v) is 8.42. The molecule has 2 amide bonds. The van der Waals surface area contributed by atoms with E-state index in [4.69, 9.17) is 15.6 Å². The SMILES string of the molecule is Cc1cccc(OCC(C)C)c1-n1nc2c(c1-c1ccc(NC(N)=O)c(F)c1)CNCC2.Cl. The van der Waals surface area contributed by atoms with Crippen molar-refractivity contribution in [3.05, 3.63) is 59.0 Å². The van der Waals surface area contributed by atoms with Crippen LogP contribution in [-0.4, -0.2) is 29.0 Å². The van der Waals surface area contributed by atoms with Gasteiger partial charge in [-0.1, -0.05) is 32.0 Å². The van der Waals surface area contributed by atoms with Crippen LogP contribution in [0.5, 0.6) is 5.75 Å². The van der Waals surface area contributed by atoms with Gasteiger partial charge in [-0.3, -0.25) is 0 Å². The molecule has 176 valence electrons. The molecule has 2 aromatic carbocycles. The topological polar surface area (TPSA) is 94.2 Å². The highest BCUT2D eigenvalue weighted by molar-refractivity contribution is 5.88. The molecule has 0 spiro atoms. The number of nitrogens with zero attached hydrogens (tertiary/aromatic N) is 2. The standard InChI is InChI=1S/C24H28FN5O2.ClH/c1-14(2)13-32-21-6-4-5-15(3)22(21)30-23(17-12-27-10-9-19(17)29-30)16-7-8-20(18(25)11-16)28-24(26)31;/h4-8,11,14,27H,9-10,12-13H2,1-3H3,(H3,26,28,31);1H. The average Bonchev–Trinajstić information content (AvgIpc) is 3.12. The molecular weight excluding hydrogens is 445 g/mol. The van der Waals surface area contributed by atoms with Gasteiger partial charge >= 0.3 is 6.03 Å². The quantitative estimate of drug-likeness (QED) is 0.488. The van der Waals surface area contributed by atoms with E-state index >= 15 is 0 Å². The second-order valence-electron chi connectivity index (χ2n) is 8.42. The van der Waals surface area contributed by atoms with Crippen molar-refractivity contribution in [2.45, 2.75) is 33.7 Å². The summed E-state index contributed by atoms with van der Waals surface area (Å²) in [6, 6.07) is 9.79. The maximum absolute atomic E-state index is 14.8. The molecule has 0 radical (unpaired) electrons. The number of rotatable bonds is 6. The van der Waals surface area contributed by atoms with Gasteiger partial charge in [0.05, 0.1) is 23.7 Å². The fourth-order valence-electron chi connectivity index (χ4n) is 3.93. The number of nitrogens with one attached hydrogen (secondary N) is 2. The summed E-state index contributed by atoms with van der Waals surface area (Å²) < 4.78 is 22.8. The summed E-state index contributed by atoms with van der Waals surface area (Å²) in [6.07, 6.45) is 0.785. The molecule has 3 aromatic rings. The maximum Gasteiger partial charge on any atom is 0.316 e. The number of ether oxygens (including phenoxy) is 1. The number of para-hydroxylation sites is 1. The number of fused-ring (bicyclic) bond motifs is 1. The molecule has 33 heavy (non-hydrogen) atoms. The third kappa shape index (κ3) is 5.12. The number of hydrogen-bond donors (Lipinski definition) is 3. The van der Waals surface area contributed by atoms with Gasteiger partial charge in [-0.05, 0) is 36.6 Å². The Kier molecular flexibility index (Phi) is 7.61. The van der Waals surface area contributed by atoms with Gasteiger partial charge in [0.2, 0.25) is 0 Å². The normalized spacial score (nSPS) is 12.8. The van der Waals surface area contributed by atoms with Crippen LogP contribution in [0, 0.1) is 18.7 Å². The fraction of sp³-hybridized carbons (Fsp3) is 0.333. The van der Waals surface area contributed by atoms with Gasteiger partial charge in [-0.15, -0.1) is 12.4 Å². The number of benzene rings is 2. The summed E-state index contributed by atoms with van der Waals surface area (Å²) in [7, 11) is 0. The first kappa shape index (κ1) is 24.5. The van der Waals surface area contributed by atoms with Gasteiger partial charge < -0.3 is 21.1 Å². The molecule has 0 saturated carbocycles. The van der Waals surface area contributed by atoms with Gasteiger partial charge in [0.15, 0.2) is 0 Å². The van der Waals surface area contributed by atoms with Crippen LogP contribution in [0.3, 0.4) is 0 Å². The highest BCUT2D eigenvalue weighted by Crippen LogP contribution is 2.36. The lowest BCUT2D eigenvalue weighted by Crippen LogP contribution is -2.23. The van der Waals surface area contributed by atoms with Crippen LogP contribution in [0.2, 0.25) is 0 Å². The number of aryl methyl sites for hydroxylation is 1. The van der Waals surface area contributed by atoms with Crippen molar-refractivity contribution in [3.8, 4) is 22.7 Å². The van der Waals surface area contributed by atoms with Crippen molar-refractivity contribution in [1.29, 1.82) is 0 Å². The number of primary amides is 1. The van der Waals surface area contributed by atoms with Crippen LogP contribution in [0.1, 0.15) is 30.7 Å². The molecule has 9 heteroatoms. The zero-order chi connectivity index (χ0) is 22.8. The Hall–Kier alpha value is -3.10. The van der Waals surface area contributed by atoms with Crippen LogP contribution in [0.4, 0.5) is 14.9 Å². The van der Waals surface area contributed by atoms with Gasteiger partial charge in [0, 0.05) is 30.6 Å². The third-order valence-corrected chi connectivity index (χ3v) is 5.39. The second kappa shape index (κ2) is 10.2. The molecule has 0 unspecified atom stereocenters. The van der Waals surface area contributed by atoms with Crippen LogP contribution in [-0.2, 0) is 13.0 Å². The summed E-state index contributed by atoms with van der Waals surface area (Å²) >= 11 is 0. The first-order chi connectivity index (χ1) is 15.3. The molecule has 0 aliphatic carbocycles. The molecule has 0 saturated heterocycles. The van der Waals surface area contributed by atoms with Gasteiger partial charge in [-0.2, -0.15) is 5.10 Å².